The van der Waals surface area contributed by atoms with Gasteiger partial charge in [-0.2, -0.15) is 21.6 Å². The molecule has 0 bridgehead atoms. The maximum absolute atomic E-state index is 13.1. The highest BCUT2D eigenvalue weighted by Gasteiger charge is 2.32. The summed E-state index contributed by atoms with van der Waals surface area (Å²) >= 11 is 0. The van der Waals surface area contributed by atoms with Crippen LogP contribution in [0.15, 0.2) is 83.8 Å². The summed E-state index contributed by atoms with van der Waals surface area (Å²) in [7, 11) is -3.31. The Balaban J connectivity index is 1.87. The third kappa shape index (κ3) is 7.85. The average Bonchev–Trinajstić information content (AvgIpc) is 2.87. The summed E-state index contributed by atoms with van der Waals surface area (Å²) < 4.78 is 75.4. The fraction of sp³-hybridized carbons (Fsp3) is 0.250. The summed E-state index contributed by atoms with van der Waals surface area (Å²) in [6, 6.07) is 17.2. The minimum Gasteiger partial charge on any atom is -0.493 e. The molecule has 0 aliphatic heterocycles. The lowest BCUT2D eigenvalue weighted by Gasteiger charge is -2.24. The maximum Gasteiger partial charge on any atom is 0.416 e. The van der Waals surface area contributed by atoms with Crippen LogP contribution in [0.25, 0.3) is 6.08 Å². The number of alkyl halides is 3. The largest absolute Gasteiger partial charge is 0.493 e. The Morgan fingerprint density at radius 2 is 1.68 bits per heavy atom. The molecule has 10 heteroatoms. The van der Waals surface area contributed by atoms with Gasteiger partial charge in [0.1, 0.15) is 4.90 Å². The molecule has 0 N–H and O–H groups in total. The van der Waals surface area contributed by atoms with E-state index in [1.807, 2.05) is 44.2 Å². The molecule has 0 aromatic heterocycles. The average molecular weight is 548 g/mol. The standard InChI is InChI=1S/C28H28F3NO5S/c1-20(2)18-32(27(33)15-13-21-8-5-4-6-9-21)19-22-12-14-25(36-3)26(16-22)37-38(34,35)24-11-7-10-23(17-24)28(29,30)31/h4-17,20H,18-19H2,1-3H3. The summed E-state index contributed by atoms with van der Waals surface area (Å²) in [5.74, 6) is -0.231. The molecule has 0 radical (unpaired) electrons. The minimum absolute atomic E-state index is 0.0648. The van der Waals surface area contributed by atoms with Gasteiger partial charge in [0.2, 0.25) is 5.91 Å². The molecule has 0 unspecified atom stereocenters. The summed E-state index contributed by atoms with van der Waals surface area (Å²) in [6.07, 6.45) is -1.54. The van der Waals surface area contributed by atoms with Crippen LogP contribution >= 0.6 is 0 Å². The lowest BCUT2D eigenvalue weighted by atomic mass is 10.1. The van der Waals surface area contributed by atoms with Gasteiger partial charge in [-0.3, -0.25) is 4.79 Å². The lowest BCUT2D eigenvalue weighted by molar-refractivity contribution is -0.137. The van der Waals surface area contributed by atoms with Crippen molar-refractivity contribution < 1.29 is 35.3 Å². The molecule has 3 aromatic carbocycles. The molecule has 0 aliphatic carbocycles. The first kappa shape index (κ1) is 28.8. The van der Waals surface area contributed by atoms with Crippen LogP contribution in [0.4, 0.5) is 13.2 Å². The molecule has 0 heterocycles. The van der Waals surface area contributed by atoms with Gasteiger partial charge in [0.05, 0.1) is 12.7 Å². The zero-order valence-electron chi connectivity index (χ0n) is 21.1. The second kappa shape index (κ2) is 12.2. The number of carbonyl (C=O) groups is 1. The summed E-state index contributed by atoms with van der Waals surface area (Å²) in [5.41, 5.74) is 0.293. The van der Waals surface area contributed by atoms with Gasteiger partial charge in [0, 0.05) is 19.2 Å². The quantitative estimate of drug-likeness (QED) is 0.224. The number of methoxy groups -OCH3 is 1. The van der Waals surface area contributed by atoms with Crippen molar-refractivity contribution in [3.8, 4) is 11.5 Å². The van der Waals surface area contributed by atoms with Crippen molar-refractivity contribution in [2.24, 2.45) is 5.92 Å². The van der Waals surface area contributed by atoms with Crippen LogP contribution < -0.4 is 8.92 Å². The lowest BCUT2D eigenvalue weighted by Crippen LogP contribution is -2.32. The van der Waals surface area contributed by atoms with Crippen molar-refractivity contribution in [1.82, 2.24) is 4.90 Å². The van der Waals surface area contributed by atoms with E-state index in [9.17, 15) is 26.4 Å². The van der Waals surface area contributed by atoms with Crippen LogP contribution in [0.3, 0.4) is 0 Å². The Bertz CT molecular complexity index is 1390. The Hall–Kier alpha value is -3.79. The van der Waals surface area contributed by atoms with Gasteiger partial charge < -0.3 is 13.8 Å². The fourth-order valence-corrected chi connectivity index (χ4v) is 4.59. The molecule has 0 aliphatic rings. The predicted octanol–water partition coefficient (Wildman–Crippen LogP) is 6.18. The van der Waals surface area contributed by atoms with E-state index in [-0.39, 0.29) is 29.9 Å². The van der Waals surface area contributed by atoms with Gasteiger partial charge in [-0.05, 0) is 53.5 Å². The van der Waals surface area contributed by atoms with E-state index >= 15 is 0 Å². The molecule has 6 nitrogen and oxygen atoms in total. The minimum atomic E-state index is -4.72. The van der Waals surface area contributed by atoms with Crippen LogP contribution in [0.2, 0.25) is 0 Å². The molecule has 0 spiro atoms. The molecule has 0 saturated carbocycles. The van der Waals surface area contributed by atoms with Gasteiger partial charge in [-0.1, -0.05) is 56.3 Å². The van der Waals surface area contributed by atoms with Crippen LogP contribution in [-0.2, 0) is 27.6 Å². The zero-order chi connectivity index (χ0) is 27.9. The topological polar surface area (TPSA) is 72.9 Å². The second-order valence-electron chi connectivity index (χ2n) is 8.90. The van der Waals surface area contributed by atoms with Crippen LogP contribution in [0.1, 0.15) is 30.5 Å². The molecule has 0 saturated heterocycles. The summed E-state index contributed by atoms with van der Waals surface area (Å²) in [6.45, 7) is 4.50. The maximum atomic E-state index is 13.1. The van der Waals surface area contributed by atoms with Crippen molar-refractivity contribution in [1.29, 1.82) is 0 Å². The number of benzene rings is 3. The molecule has 1 amide bonds. The molecule has 3 aromatic rings. The van der Waals surface area contributed by atoms with E-state index in [0.29, 0.717) is 18.2 Å². The van der Waals surface area contributed by atoms with Gasteiger partial charge in [-0.25, -0.2) is 0 Å². The van der Waals surface area contributed by atoms with Gasteiger partial charge in [0.25, 0.3) is 0 Å². The Morgan fingerprint density at radius 3 is 2.32 bits per heavy atom. The third-order valence-corrected chi connectivity index (χ3v) is 6.60. The van der Waals surface area contributed by atoms with Gasteiger partial charge >= 0.3 is 16.3 Å². The monoisotopic (exact) mass is 547 g/mol. The zero-order valence-corrected chi connectivity index (χ0v) is 21.9. The second-order valence-corrected chi connectivity index (χ2v) is 10.5. The first-order valence-corrected chi connectivity index (χ1v) is 13.1. The van der Waals surface area contributed by atoms with E-state index in [4.69, 9.17) is 8.92 Å². The fourth-order valence-electron chi connectivity index (χ4n) is 3.61. The van der Waals surface area contributed by atoms with Gasteiger partial charge in [-0.15, -0.1) is 0 Å². The number of hydrogen-bond donors (Lipinski definition) is 0. The molecule has 0 atom stereocenters. The number of halogens is 3. The highest BCUT2D eigenvalue weighted by molar-refractivity contribution is 7.87. The first-order chi connectivity index (χ1) is 17.9. The molecular formula is C28H28F3NO5S. The van der Waals surface area contributed by atoms with E-state index < -0.39 is 26.8 Å². The number of nitrogens with zero attached hydrogens (tertiary/aromatic N) is 1. The van der Waals surface area contributed by atoms with E-state index in [1.165, 1.54) is 25.3 Å². The van der Waals surface area contributed by atoms with Crippen LogP contribution in [0, 0.1) is 5.92 Å². The summed E-state index contributed by atoms with van der Waals surface area (Å²) in [4.78, 5) is 13.9. The number of amides is 1. The molecule has 38 heavy (non-hydrogen) atoms. The Labute approximate surface area is 220 Å². The van der Waals surface area contributed by atoms with Crippen molar-refractivity contribution in [3.63, 3.8) is 0 Å². The smallest absolute Gasteiger partial charge is 0.416 e. The van der Waals surface area contributed by atoms with Crippen molar-refractivity contribution in [2.45, 2.75) is 31.5 Å². The van der Waals surface area contributed by atoms with Crippen molar-refractivity contribution >= 4 is 22.1 Å². The molecule has 202 valence electrons. The summed E-state index contributed by atoms with van der Waals surface area (Å²) in [5, 5.41) is 0. The van der Waals surface area contributed by atoms with Crippen molar-refractivity contribution in [2.75, 3.05) is 13.7 Å². The molecule has 0 fully saturated rings. The number of ether oxygens (including phenoxy) is 1. The Kier molecular flexibility index (Phi) is 9.22. The van der Waals surface area contributed by atoms with Gasteiger partial charge in [0.15, 0.2) is 11.5 Å². The number of rotatable bonds is 10. The highest BCUT2D eigenvalue weighted by atomic mass is 32.2. The first-order valence-electron chi connectivity index (χ1n) is 11.7. The highest BCUT2D eigenvalue weighted by Crippen LogP contribution is 2.34. The van der Waals surface area contributed by atoms with E-state index in [0.717, 1.165) is 23.8 Å². The molecular weight excluding hydrogens is 519 g/mol. The van der Waals surface area contributed by atoms with E-state index in [1.54, 1.807) is 17.0 Å². The number of carbonyl (C=O) groups excluding carboxylic acids is 1. The van der Waals surface area contributed by atoms with E-state index in [2.05, 4.69) is 0 Å². The molecule has 3 rings (SSSR count). The van der Waals surface area contributed by atoms with Crippen LogP contribution in [0.5, 0.6) is 11.5 Å². The normalized spacial score (nSPS) is 12.1. The number of hydrogen-bond acceptors (Lipinski definition) is 5. The predicted molar refractivity (Wildman–Crippen MR) is 138 cm³/mol. The third-order valence-electron chi connectivity index (χ3n) is 5.37. The van der Waals surface area contributed by atoms with Crippen molar-refractivity contribution in [3.05, 3.63) is 95.6 Å². The SMILES string of the molecule is COc1ccc(CN(CC(C)C)C(=O)C=Cc2ccccc2)cc1OS(=O)(=O)c1cccc(C(F)(F)F)c1. The van der Waals surface area contributed by atoms with Crippen LogP contribution in [-0.4, -0.2) is 32.9 Å². The Morgan fingerprint density at radius 1 is 0.974 bits per heavy atom.